The SMILES string of the molecule is COc1cc(-c2ccccc2C)c(S(=O)(=O)N2CCC(F)(C(=O)N[C@@H](C)/C=C\S(C)(=O)=O)CC2)cn1. The zero-order valence-corrected chi connectivity index (χ0v) is 22.2. The van der Waals surface area contributed by atoms with Crippen molar-refractivity contribution in [2.75, 3.05) is 26.5 Å². The van der Waals surface area contributed by atoms with E-state index in [9.17, 15) is 21.6 Å². The van der Waals surface area contributed by atoms with E-state index in [-0.39, 0.29) is 36.7 Å². The number of alkyl halides is 1. The molecular weight excluding hydrogens is 509 g/mol. The van der Waals surface area contributed by atoms with Crippen LogP contribution in [0.25, 0.3) is 11.1 Å². The Morgan fingerprint density at radius 3 is 2.42 bits per heavy atom. The molecule has 0 spiro atoms. The minimum atomic E-state index is -4.07. The number of nitrogens with one attached hydrogen (secondary N) is 1. The van der Waals surface area contributed by atoms with Crippen LogP contribution in [0.15, 0.2) is 52.9 Å². The number of methoxy groups -OCH3 is 1. The summed E-state index contributed by atoms with van der Waals surface area (Å²) in [6, 6.07) is 8.15. The number of sulfonamides is 1. The van der Waals surface area contributed by atoms with Crippen LogP contribution in [0.1, 0.15) is 25.3 Å². The number of ether oxygens (including phenoxy) is 1. The van der Waals surface area contributed by atoms with Crippen LogP contribution in [0.4, 0.5) is 4.39 Å². The highest BCUT2D eigenvalue weighted by Gasteiger charge is 2.45. The lowest BCUT2D eigenvalue weighted by Gasteiger charge is -2.35. The largest absolute Gasteiger partial charge is 0.481 e. The monoisotopic (exact) mass is 539 g/mol. The van der Waals surface area contributed by atoms with Gasteiger partial charge in [0.15, 0.2) is 15.5 Å². The molecule has 1 amide bonds. The van der Waals surface area contributed by atoms with E-state index < -0.39 is 37.5 Å². The number of sulfone groups is 1. The van der Waals surface area contributed by atoms with Crippen molar-refractivity contribution < 1.29 is 30.8 Å². The van der Waals surface area contributed by atoms with Gasteiger partial charge in [-0.3, -0.25) is 4.79 Å². The number of benzene rings is 1. The molecule has 196 valence electrons. The van der Waals surface area contributed by atoms with Crippen molar-refractivity contribution in [1.82, 2.24) is 14.6 Å². The third-order valence-corrected chi connectivity index (χ3v) is 8.58. The molecule has 0 radical (unpaired) electrons. The summed E-state index contributed by atoms with van der Waals surface area (Å²) in [5.74, 6) is -0.652. The lowest BCUT2D eigenvalue weighted by Crippen LogP contribution is -2.53. The van der Waals surface area contributed by atoms with Crippen molar-refractivity contribution in [3.63, 3.8) is 0 Å². The summed E-state index contributed by atoms with van der Waals surface area (Å²) >= 11 is 0. The Balaban J connectivity index is 1.81. The van der Waals surface area contributed by atoms with Gasteiger partial charge in [0.2, 0.25) is 15.9 Å². The smallest absolute Gasteiger partial charge is 0.258 e. The van der Waals surface area contributed by atoms with E-state index in [0.717, 1.165) is 21.5 Å². The lowest BCUT2D eigenvalue weighted by atomic mass is 9.93. The van der Waals surface area contributed by atoms with E-state index >= 15 is 4.39 Å². The third kappa shape index (κ3) is 6.29. The molecule has 1 aromatic carbocycles. The molecule has 3 rings (SSSR count). The van der Waals surface area contributed by atoms with Crippen LogP contribution in [-0.2, 0) is 24.7 Å². The quantitative estimate of drug-likeness (QED) is 0.547. The Hall–Kier alpha value is -2.83. The van der Waals surface area contributed by atoms with Crippen LogP contribution in [-0.4, -0.2) is 70.2 Å². The van der Waals surface area contributed by atoms with Crippen LogP contribution >= 0.6 is 0 Å². The summed E-state index contributed by atoms with van der Waals surface area (Å²) in [6.07, 6.45) is 2.80. The lowest BCUT2D eigenvalue weighted by molar-refractivity contribution is -0.135. The Bertz CT molecular complexity index is 1370. The van der Waals surface area contributed by atoms with Crippen molar-refractivity contribution in [3.05, 3.63) is 53.6 Å². The standard InChI is InChI=1S/C24H30FN3O6S2/c1-17-7-5-6-8-19(17)20-15-22(34-3)26-16-21(20)36(32,33)28-12-10-24(25,11-13-28)23(29)27-18(2)9-14-35(4,30)31/h5-9,14-16,18H,10-13H2,1-4H3,(H,27,29)/b14-9-/t18-/m0/s1. The van der Waals surface area contributed by atoms with Crippen LogP contribution in [0, 0.1) is 6.92 Å². The molecule has 0 aliphatic carbocycles. The Morgan fingerprint density at radius 2 is 1.83 bits per heavy atom. The number of carbonyl (C=O) groups is 1. The summed E-state index contributed by atoms with van der Waals surface area (Å²) in [7, 11) is -6.02. The molecule has 1 fully saturated rings. The molecular formula is C24H30FN3O6S2. The summed E-state index contributed by atoms with van der Waals surface area (Å²) in [5, 5.41) is 3.38. The van der Waals surface area contributed by atoms with Gasteiger partial charge in [-0.25, -0.2) is 26.2 Å². The summed E-state index contributed by atoms with van der Waals surface area (Å²) in [5.41, 5.74) is -0.305. The first-order valence-electron chi connectivity index (χ1n) is 11.3. The number of aromatic nitrogens is 1. The van der Waals surface area contributed by atoms with Crippen LogP contribution in [0.3, 0.4) is 0 Å². The van der Waals surface area contributed by atoms with E-state index in [1.165, 1.54) is 26.3 Å². The molecule has 1 atom stereocenters. The number of nitrogens with zero attached hydrogens (tertiary/aromatic N) is 2. The topological polar surface area (TPSA) is 123 Å². The minimum Gasteiger partial charge on any atom is -0.481 e. The predicted octanol–water partition coefficient (Wildman–Crippen LogP) is 2.62. The zero-order valence-electron chi connectivity index (χ0n) is 20.6. The van der Waals surface area contributed by atoms with E-state index in [4.69, 9.17) is 4.74 Å². The first-order valence-corrected chi connectivity index (χ1v) is 14.6. The van der Waals surface area contributed by atoms with Gasteiger partial charge in [-0.1, -0.05) is 30.3 Å². The zero-order chi connectivity index (χ0) is 26.7. The van der Waals surface area contributed by atoms with Gasteiger partial charge < -0.3 is 10.1 Å². The van der Waals surface area contributed by atoms with Gasteiger partial charge in [0, 0.05) is 55.3 Å². The molecule has 2 heterocycles. The molecule has 9 nitrogen and oxygen atoms in total. The number of amides is 1. The Morgan fingerprint density at radius 1 is 1.19 bits per heavy atom. The molecule has 0 saturated carbocycles. The number of hydrogen-bond donors (Lipinski definition) is 1. The second kappa shape index (κ2) is 10.7. The molecule has 1 N–H and O–H groups in total. The van der Waals surface area contributed by atoms with Crippen LogP contribution < -0.4 is 10.1 Å². The van der Waals surface area contributed by atoms with Gasteiger partial charge >= 0.3 is 0 Å². The maximum atomic E-state index is 15.5. The van der Waals surface area contributed by atoms with Gasteiger partial charge in [0.1, 0.15) is 4.90 Å². The number of pyridine rings is 1. The van der Waals surface area contributed by atoms with Gasteiger partial charge in [-0.05, 0) is 25.0 Å². The molecule has 0 unspecified atom stereocenters. The predicted molar refractivity (Wildman–Crippen MR) is 134 cm³/mol. The molecule has 1 aliphatic rings. The first-order chi connectivity index (χ1) is 16.8. The van der Waals surface area contributed by atoms with Crippen molar-refractivity contribution in [2.45, 2.75) is 43.3 Å². The molecule has 1 aliphatic heterocycles. The molecule has 1 aromatic heterocycles. The summed E-state index contributed by atoms with van der Waals surface area (Å²) in [4.78, 5) is 16.6. The van der Waals surface area contributed by atoms with Crippen LogP contribution in [0.5, 0.6) is 5.88 Å². The average Bonchev–Trinajstić information content (AvgIpc) is 2.82. The van der Waals surface area contributed by atoms with Gasteiger partial charge in [0.25, 0.3) is 5.91 Å². The van der Waals surface area contributed by atoms with Crippen molar-refractivity contribution >= 4 is 25.8 Å². The fourth-order valence-corrected chi connectivity index (χ4v) is 6.01. The van der Waals surface area contributed by atoms with Crippen molar-refractivity contribution in [2.24, 2.45) is 0 Å². The highest BCUT2D eigenvalue weighted by atomic mass is 32.2. The first kappa shape index (κ1) is 27.8. The van der Waals surface area contributed by atoms with Crippen molar-refractivity contribution in [3.8, 4) is 17.0 Å². The highest BCUT2D eigenvalue weighted by molar-refractivity contribution is 7.93. The van der Waals surface area contributed by atoms with E-state index in [2.05, 4.69) is 10.3 Å². The molecule has 1 saturated heterocycles. The fraction of sp³-hybridized carbons (Fsp3) is 0.417. The number of halogens is 1. The number of piperidine rings is 1. The Kier molecular flexibility index (Phi) is 8.21. The maximum absolute atomic E-state index is 15.5. The third-order valence-electron chi connectivity index (χ3n) is 6.00. The number of carbonyl (C=O) groups excluding carboxylic acids is 1. The number of hydrogen-bond acceptors (Lipinski definition) is 7. The number of aryl methyl sites for hydroxylation is 1. The average molecular weight is 540 g/mol. The second-order valence-corrected chi connectivity index (χ2v) is 12.7. The van der Waals surface area contributed by atoms with E-state index in [1.54, 1.807) is 18.2 Å². The molecule has 0 bridgehead atoms. The van der Waals surface area contributed by atoms with Gasteiger partial charge in [0.05, 0.1) is 13.3 Å². The second-order valence-electron chi connectivity index (χ2n) is 8.83. The van der Waals surface area contributed by atoms with Gasteiger partial charge in [-0.2, -0.15) is 4.31 Å². The molecule has 12 heteroatoms. The maximum Gasteiger partial charge on any atom is 0.258 e. The van der Waals surface area contributed by atoms with Crippen molar-refractivity contribution in [1.29, 1.82) is 0 Å². The highest BCUT2D eigenvalue weighted by Crippen LogP contribution is 2.36. The summed E-state index contributed by atoms with van der Waals surface area (Å²) in [6.45, 7) is 2.96. The Labute approximate surface area is 211 Å². The minimum absolute atomic E-state index is 0.0343. The normalized spacial score (nSPS) is 17.6. The van der Waals surface area contributed by atoms with Gasteiger partial charge in [-0.15, -0.1) is 0 Å². The number of rotatable bonds is 8. The fourth-order valence-electron chi connectivity index (χ4n) is 3.92. The van der Waals surface area contributed by atoms with E-state index in [1.807, 2.05) is 19.1 Å². The summed E-state index contributed by atoms with van der Waals surface area (Å²) < 4.78 is 71.5. The van der Waals surface area contributed by atoms with E-state index in [0.29, 0.717) is 11.1 Å². The molecule has 2 aromatic rings. The van der Waals surface area contributed by atoms with Crippen LogP contribution in [0.2, 0.25) is 0 Å². The molecule has 36 heavy (non-hydrogen) atoms.